The summed E-state index contributed by atoms with van der Waals surface area (Å²) in [5.74, 6) is 1.28. The molecule has 1 fully saturated rings. The second-order valence-corrected chi connectivity index (χ2v) is 8.29. The standard InChI is InChI=1S/C23H30N2O2/c1-23-11-13-25(2)21(14-17-6-7-18(26)15-20(17)23)22(23)24-12-10-16-4-8-19(27-3)9-5-16/h4-9,15,21-22,24,26H,10-14H2,1-3H3/t21-,22+,23?/m1/s1. The predicted octanol–water partition coefficient (Wildman–Crippen LogP) is 3.12. The molecule has 0 aromatic heterocycles. The van der Waals surface area contributed by atoms with Gasteiger partial charge in [0.15, 0.2) is 0 Å². The first kappa shape index (κ1) is 18.3. The summed E-state index contributed by atoms with van der Waals surface area (Å²) in [5, 5.41) is 13.9. The third-order valence-corrected chi connectivity index (χ3v) is 6.70. The summed E-state index contributed by atoms with van der Waals surface area (Å²) in [4.78, 5) is 2.50. The van der Waals surface area contributed by atoms with E-state index in [4.69, 9.17) is 4.74 Å². The lowest BCUT2D eigenvalue weighted by Crippen LogP contribution is -2.66. The van der Waals surface area contributed by atoms with Crippen LogP contribution in [-0.2, 0) is 18.3 Å². The van der Waals surface area contributed by atoms with Crippen molar-refractivity contribution in [2.75, 3.05) is 27.2 Å². The summed E-state index contributed by atoms with van der Waals surface area (Å²) < 4.78 is 5.25. The van der Waals surface area contributed by atoms with Crippen molar-refractivity contribution < 1.29 is 9.84 Å². The highest BCUT2D eigenvalue weighted by Crippen LogP contribution is 2.45. The highest BCUT2D eigenvalue weighted by molar-refractivity contribution is 5.45. The van der Waals surface area contributed by atoms with Crippen molar-refractivity contribution in [1.29, 1.82) is 0 Å². The maximum atomic E-state index is 10.1. The van der Waals surface area contributed by atoms with Crippen molar-refractivity contribution in [2.45, 2.75) is 43.7 Å². The van der Waals surface area contributed by atoms with Crippen LogP contribution in [0.15, 0.2) is 42.5 Å². The number of nitrogens with one attached hydrogen (secondary N) is 1. The molecular formula is C23H30N2O2. The topological polar surface area (TPSA) is 44.7 Å². The molecule has 2 aliphatic rings. The van der Waals surface area contributed by atoms with E-state index in [1.807, 2.05) is 24.3 Å². The molecule has 2 N–H and O–H groups in total. The number of benzene rings is 2. The predicted molar refractivity (Wildman–Crippen MR) is 109 cm³/mol. The highest BCUT2D eigenvalue weighted by atomic mass is 16.5. The van der Waals surface area contributed by atoms with E-state index in [-0.39, 0.29) is 5.41 Å². The smallest absolute Gasteiger partial charge is 0.118 e. The number of phenolic OH excluding ortho intramolecular Hbond substituents is 1. The molecular weight excluding hydrogens is 336 g/mol. The molecule has 4 heteroatoms. The van der Waals surface area contributed by atoms with Gasteiger partial charge >= 0.3 is 0 Å². The monoisotopic (exact) mass is 366 g/mol. The maximum Gasteiger partial charge on any atom is 0.118 e. The molecule has 0 saturated carbocycles. The normalized spacial score (nSPS) is 27.2. The Hall–Kier alpha value is -2.04. The van der Waals surface area contributed by atoms with E-state index in [1.54, 1.807) is 7.11 Å². The Balaban J connectivity index is 1.52. The molecule has 2 aromatic carbocycles. The Morgan fingerprint density at radius 3 is 2.74 bits per heavy atom. The van der Waals surface area contributed by atoms with Gasteiger partial charge in [-0.25, -0.2) is 0 Å². The molecule has 4 rings (SSSR count). The van der Waals surface area contributed by atoms with Gasteiger partial charge in [0, 0.05) is 17.5 Å². The molecule has 4 nitrogen and oxygen atoms in total. The van der Waals surface area contributed by atoms with Crippen molar-refractivity contribution in [3.05, 3.63) is 59.2 Å². The second kappa shape index (κ2) is 7.17. The van der Waals surface area contributed by atoms with Gasteiger partial charge in [-0.1, -0.05) is 25.1 Å². The SMILES string of the molecule is COc1ccc(CCN[C@H]2[C@H]3Cc4ccc(O)cc4C2(C)CCN3C)cc1. The van der Waals surface area contributed by atoms with E-state index in [1.165, 1.54) is 16.7 Å². The van der Waals surface area contributed by atoms with Crippen molar-refractivity contribution in [3.8, 4) is 11.5 Å². The van der Waals surface area contributed by atoms with Crippen LogP contribution in [0.5, 0.6) is 11.5 Å². The van der Waals surface area contributed by atoms with Gasteiger partial charge in [-0.3, -0.25) is 0 Å². The quantitative estimate of drug-likeness (QED) is 0.853. The molecule has 1 aliphatic carbocycles. The van der Waals surface area contributed by atoms with E-state index in [9.17, 15) is 5.11 Å². The number of rotatable bonds is 5. The third kappa shape index (κ3) is 3.32. The first-order valence-electron chi connectivity index (χ1n) is 9.90. The number of nitrogens with zero attached hydrogens (tertiary/aromatic N) is 1. The van der Waals surface area contributed by atoms with Crippen molar-refractivity contribution in [2.24, 2.45) is 0 Å². The summed E-state index contributed by atoms with van der Waals surface area (Å²) in [7, 11) is 3.94. The van der Waals surface area contributed by atoms with Gasteiger partial charge in [0.25, 0.3) is 0 Å². The van der Waals surface area contributed by atoms with Crippen molar-refractivity contribution >= 4 is 0 Å². The molecule has 1 saturated heterocycles. The van der Waals surface area contributed by atoms with Crippen LogP contribution < -0.4 is 10.1 Å². The van der Waals surface area contributed by atoms with Gasteiger partial charge in [-0.2, -0.15) is 0 Å². The third-order valence-electron chi connectivity index (χ3n) is 6.70. The molecule has 3 atom stereocenters. The van der Waals surface area contributed by atoms with Crippen LogP contribution in [0.2, 0.25) is 0 Å². The second-order valence-electron chi connectivity index (χ2n) is 8.29. The number of aromatic hydroxyl groups is 1. The van der Waals surface area contributed by atoms with E-state index < -0.39 is 0 Å². The molecule has 2 aromatic rings. The van der Waals surface area contributed by atoms with Crippen LogP contribution in [-0.4, -0.2) is 49.3 Å². The number of likely N-dealkylation sites (N-methyl/N-ethyl adjacent to an activating group) is 1. The number of fused-ring (bicyclic) bond motifs is 4. The minimum absolute atomic E-state index is 0.0589. The fourth-order valence-corrected chi connectivity index (χ4v) is 5.01. The number of likely N-dealkylation sites (tertiary alicyclic amines) is 1. The Labute approximate surface area is 162 Å². The fourth-order valence-electron chi connectivity index (χ4n) is 5.01. The van der Waals surface area contributed by atoms with Gasteiger partial charge in [0.1, 0.15) is 11.5 Å². The molecule has 0 spiro atoms. The summed E-state index contributed by atoms with van der Waals surface area (Å²) in [6.07, 6.45) is 3.15. The van der Waals surface area contributed by atoms with Gasteiger partial charge in [0.05, 0.1) is 7.11 Å². The molecule has 1 unspecified atom stereocenters. The highest BCUT2D eigenvalue weighted by Gasteiger charge is 2.49. The zero-order valence-corrected chi connectivity index (χ0v) is 16.5. The Bertz CT molecular complexity index is 805. The Morgan fingerprint density at radius 2 is 2.00 bits per heavy atom. The number of methoxy groups -OCH3 is 1. The first-order valence-corrected chi connectivity index (χ1v) is 9.90. The molecule has 1 heterocycles. The lowest BCUT2D eigenvalue weighted by molar-refractivity contribution is 0.0663. The number of ether oxygens (including phenoxy) is 1. The molecule has 27 heavy (non-hydrogen) atoms. The van der Waals surface area contributed by atoms with Gasteiger partial charge in [-0.15, -0.1) is 0 Å². The minimum Gasteiger partial charge on any atom is -0.508 e. The van der Waals surface area contributed by atoms with E-state index in [2.05, 4.69) is 42.4 Å². The molecule has 2 bridgehead atoms. The summed E-state index contributed by atoms with van der Waals surface area (Å²) in [5.41, 5.74) is 4.10. The Kier molecular flexibility index (Phi) is 4.87. The average molecular weight is 367 g/mol. The number of hydrogen-bond donors (Lipinski definition) is 2. The van der Waals surface area contributed by atoms with Crippen LogP contribution in [0.25, 0.3) is 0 Å². The van der Waals surface area contributed by atoms with Crippen LogP contribution >= 0.6 is 0 Å². The first-order chi connectivity index (χ1) is 13.0. The van der Waals surface area contributed by atoms with Gasteiger partial charge in [0.2, 0.25) is 0 Å². The number of piperidine rings is 1. The van der Waals surface area contributed by atoms with E-state index in [0.29, 0.717) is 17.8 Å². The van der Waals surface area contributed by atoms with Gasteiger partial charge < -0.3 is 20.1 Å². The van der Waals surface area contributed by atoms with Crippen LogP contribution in [0.1, 0.15) is 30.0 Å². The average Bonchev–Trinajstić information content (AvgIpc) is 2.68. The van der Waals surface area contributed by atoms with E-state index in [0.717, 1.165) is 38.1 Å². The van der Waals surface area contributed by atoms with Gasteiger partial charge in [-0.05, 0) is 80.4 Å². The molecule has 0 amide bonds. The largest absolute Gasteiger partial charge is 0.508 e. The summed E-state index contributed by atoms with van der Waals surface area (Å²) in [6.45, 7) is 4.42. The van der Waals surface area contributed by atoms with Crippen molar-refractivity contribution in [3.63, 3.8) is 0 Å². The zero-order chi connectivity index (χ0) is 19.0. The van der Waals surface area contributed by atoms with E-state index >= 15 is 0 Å². The minimum atomic E-state index is 0.0589. The molecule has 1 aliphatic heterocycles. The summed E-state index contributed by atoms with van der Waals surface area (Å²) >= 11 is 0. The number of phenols is 1. The zero-order valence-electron chi connectivity index (χ0n) is 16.5. The van der Waals surface area contributed by atoms with Crippen LogP contribution in [0, 0.1) is 0 Å². The lowest BCUT2D eigenvalue weighted by atomic mass is 9.61. The van der Waals surface area contributed by atoms with Crippen LogP contribution in [0.4, 0.5) is 0 Å². The fraction of sp³-hybridized carbons (Fsp3) is 0.478. The molecule has 0 radical (unpaired) electrons. The Morgan fingerprint density at radius 1 is 1.22 bits per heavy atom. The van der Waals surface area contributed by atoms with Crippen LogP contribution in [0.3, 0.4) is 0 Å². The number of hydrogen-bond acceptors (Lipinski definition) is 4. The summed E-state index contributed by atoms with van der Waals surface area (Å²) in [6, 6.07) is 15.2. The van der Waals surface area contributed by atoms with Crippen molar-refractivity contribution in [1.82, 2.24) is 10.2 Å². The lowest BCUT2D eigenvalue weighted by Gasteiger charge is -2.55. The molecule has 144 valence electrons. The maximum absolute atomic E-state index is 10.1.